The molecule has 1 amide bonds. The van der Waals surface area contributed by atoms with E-state index in [2.05, 4.69) is 25.2 Å². The maximum Gasteiger partial charge on any atom is 0.230 e. The molecule has 29 heavy (non-hydrogen) atoms. The number of benzene rings is 1. The molecular formula is C22H23N5O2. The Hall–Kier alpha value is -3.48. The molecule has 0 radical (unpaired) electrons. The van der Waals surface area contributed by atoms with Crippen molar-refractivity contribution in [3.63, 3.8) is 0 Å². The standard InChI is InChI=1S/C22H23N5O2/c1-29-19-4-2-3-18(11-19)12-22(14-27(15-22)20-7-10-24-16-26-20)21(28)25-13-17-5-8-23-9-6-17/h2-11,16H,12-15H2,1H3,(H,25,28). The van der Waals surface area contributed by atoms with Gasteiger partial charge in [-0.2, -0.15) is 0 Å². The molecule has 1 aliphatic heterocycles. The van der Waals surface area contributed by atoms with E-state index in [-0.39, 0.29) is 5.91 Å². The molecule has 1 aromatic carbocycles. The Bertz CT molecular complexity index is 959. The van der Waals surface area contributed by atoms with Gasteiger partial charge in [0.05, 0.1) is 12.5 Å². The quantitative estimate of drug-likeness (QED) is 0.668. The number of anilines is 1. The summed E-state index contributed by atoms with van der Waals surface area (Å²) in [5.41, 5.74) is 1.58. The second-order valence-electron chi connectivity index (χ2n) is 7.27. The maximum absolute atomic E-state index is 13.2. The van der Waals surface area contributed by atoms with Crippen molar-refractivity contribution >= 4 is 11.7 Å². The van der Waals surface area contributed by atoms with Crippen LogP contribution in [-0.4, -0.2) is 41.1 Å². The first kappa shape index (κ1) is 18.9. The Kier molecular flexibility index (Phi) is 5.37. The van der Waals surface area contributed by atoms with Crippen molar-refractivity contribution in [2.24, 2.45) is 5.41 Å². The van der Waals surface area contributed by atoms with Crippen LogP contribution in [0.4, 0.5) is 5.82 Å². The molecule has 3 aromatic rings. The van der Waals surface area contributed by atoms with Gasteiger partial charge in [0.2, 0.25) is 5.91 Å². The topological polar surface area (TPSA) is 80.2 Å². The molecule has 7 heteroatoms. The molecule has 0 atom stereocenters. The Labute approximate surface area is 169 Å². The van der Waals surface area contributed by atoms with Crippen LogP contribution >= 0.6 is 0 Å². The summed E-state index contributed by atoms with van der Waals surface area (Å²) in [6.07, 6.45) is 7.34. The van der Waals surface area contributed by atoms with Crippen LogP contribution in [0.2, 0.25) is 0 Å². The van der Waals surface area contributed by atoms with Crippen molar-refractivity contribution in [3.05, 3.63) is 78.5 Å². The highest BCUT2D eigenvalue weighted by molar-refractivity contribution is 5.86. The zero-order chi connectivity index (χ0) is 20.1. The molecule has 1 N–H and O–H groups in total. The molecular weight excluding hydrogens is 366 g/mol. The third-order valence-electron chi connectivity index (χ3n) is 5.24. The molecule has 0 aliphatic carbocycles. The summed E-state index contributed by atoms with van der Waals surface area (Å²) >= 11 is 0. The van der Waals surface area contributed by atoms with E-state index < -0.39 is 5.41 Å². The fraction of sp³-hybridized carbons (Fsp3) is 0.273. The van der Waals surface area contributed by atoms with Gasteiger partial charge in [-0.3, -0.25) is 9.78 Å². The minimum Gasteiger partial charge on any atom is -0.497 e. The lowest BCUT2D eigenvalue weighted by molar-refractivity contribution is -0.132. The number of carbonyl (C=O) groups is 1. The van der Waals surface area contributed by atoms with E-state index in [0.717, 1.165) is 22.7 Å². The second-order valence-corrected chi connectivity index (χ2v) is 7.27. The normalized spacial score (nSPS) is 14.7. The van der Waals surface area contributed by atoms with Crippen LogP contribution in [0.15, 0.2) is 67.4 Å². The molecule has 0 bridgehead atoms. The van der Waals surface area contributed by atoms with E-state index in [0.29, 0.717) is 26.1 Å². The van der Waals surface area contributed by atoms with E-state index >= 15 is 0 Å². The summed E-state index contributed by atoms with van der Waals surface area (Å²) in [6, 6.07) is 13.6. The number of pyridine rings is 1. The molecule has 1 saturated heterocycles. The first-order valence-corrected chi connectivity index (χ1v) is 9.50. The zero-order valence-electron chi connectivity index (χ0n) is 16.3. The van der Waals surface area contributed by atoms with E-state index in [9.17, 15) is 4.79 Å². The van der Waals surface area contributed by atoms with Crippen LogP contribution in [-0.2, 0) is 17.8 Å². The van der Waals surface area contributed by atoms with E-state index in [1.165, 1.54) is 6.33 Å². The number of ether oxygens (including phenoxy) is 1. The highest BCUT2D eigenvalue weighted by Crippen LogP contribution is 2.37. The van der Waals surface area contributed by atoms with Crippen molar-refractivity contribution in [1.82, 2.24) is 20.3 Å². The highest BCUT2D eigenvalue weighted by atomic mass is 16.5. The van der Waals surface area contributed by atoms with Crippen molar-refractivity contribution in [2.75, 3.05) is 25.1 Å². The number of amides is 1. The third-order valence-corrected chi connectivity index (χ3v) is 5.24. The van der Waals surface area contributed by atoms with Crippen LogP contribution in [0.1, 0.15) is 11.1 Å². The van der Waals surface area contributed by atoms with Crippen molar-refractivity contribution in [1.29, 1.82) is 0 Å². The highest BCUT2D eigenvalue weighted by Gasteiger charge is 2.49. The fourth-order valence-corrected chi connectivity index (χ4v) is 3.70. The van der Waals surface area contributed by atoms with Gasteiger partial charge in [-0.25, -0.2) is 9.97 Å². The summed E-state index contributed by atoms with van der Waals surface area (Å²) in [6.45, 7) is 1.68. The van der Waals surface area contributed by atoms with E-state index in [4.69, 9.17) is 4.74 Å². The number of carbonyl (C=O) groups excluding carboxylic acids is 1. The Morgan fingerprint density at radius 2 is 1.90 bits per heavy atom. The van der Waals surface area contributed by atoms with Crippen LogP contribution < -0.4 is 15.0 Å². The molecule has 7 nitrogen and oxygen atoms in total. The second kappa shape index (κ2) is 8.26. The predicted octanol–water partition coefficient (Wildman–Crippen LogP) is 2.25. The van der Waals surface area contributed by atoms with Gasteiger partial charge in [0.25, 0.3) is 0 Å². The molecule has 148 valence electrons. The first-order chi connectivity index (χ1) is 14.2. The maximum atomic E-state index is 13.2. The van der Waals surface area contributed by atoms with Gasteiger partial charge in [-0.05, 0) is 47.9 Å². The molecule has 0 unspecified atom stereocenters. The Balaban J connectivity index is 1.51. The molecule has 4 rings (SSSR count). The average molecular weight is 389 g/mol. The Morgan fingerprint density at radius 1 is 1.10 bits per heavy atom. The molecule has 2 aromatic heterocycles. The van der Waals surface area contributed by atoms with Crippen molar-refractivity contribution in [3.8, 4) is 5.75 Å². The number of rotatable bonds is 7. The minimum absolute atomic E-state index is 0.0439. The molecule has 1 fully saturated rings. The van der Waals surface area contributed by atoms with Gasteiger partial charge < -0.3 is 15.0 Å². The molecule has 0 spiro atoms. The lowest BCUT2D eigenvalue weighted by Gasteiger charge is -2.49. The summed E-state index contributed by atoms with van der Waals surface area (Å²) in [5, 5.41) is 3.11. The first-order valence-electron chi connectivity index (χ1n) is 9.50. The summed E-state index contributed by atoms with van der Waals surface area (Å²) < 4.78 is 5.34. The lowest BCUT2D eigenvalue weighted by Crippen LogP contribution is -2.64. The van der Waals surface area contributed by atoms with Crippen molar-refractivity contribution in [2.45, 2.75) is 13.0 Å². The third kappa shape index (κ3) is 4.18. The van der Waals surface area contributed by atoms with Gasteiger partial charge in [0, 0.05) is 38.2 Å². The minimum atomic E-state index is -0.523. The number of hydrogen-bond acceptors (Lipinski definition) is 6. The van der Waals surface area contributed by atoms with Gasteiger partial charge in [0.15, 0.2) is 0 Å². The van der Waals surface area contributed by atoms with Crippen LogP contribution in [0.5, 0.6) is 5.75 Å². The van der Waals surface area contributed by atoms with Gasteiger partial charge in [0.1, 0.15) is 17.9 Å². The van der Waals surface area contributed by atoms with Crippen LogP contribution in [0.25, 0.3) is 0 Å². The number of nitrogens with one attached hydrogen (secondary N) is 1. The number of nitrogens with zero attached hydrogens (tertiary/aromatic N) is 4. The number of aromatic nitrogens is 3. The Morgan fingerprint density at radius 3 is 2.62 bits per heavy atom. The monoisotopic (exact) mass is 389 g/mol. The SMILES string of the molecule is COc1cccc(CC2(C(=O)NCc3ccncc3)CN(c3ccncn3)C2)c1. The zero-order valence-corrected chi connectivity index (χ0v) is 16.3. The molecule has 3 heterocycles. The van der Waals surface area contributed by atoms with Gasteiger partial charge >= 0.3 is 0 Å². The van der Waals surface area contributed by atoms with Crippen LogP contribution in [0.3, 0.4) is 0 Å². The number of hydrogen-bond donors (Lipinski definition) is 1. The fourth-order valence-electron chi connectivity index (χ4n) is 3.70. The van der Waals surface area contributed by atoms with Gasteiger partial charge in [-0.1, -0.05) is 12.1 Å². The predicted molar refractivity (Wildman–Crippen MR) is 109 cm³/mol. The molecule has 0 saturated carbocycles. The van der Waals surface area contributed by atoms with E-state index in [1.54, 1.807) is 25.7 Å². The van der Waals surface area contributed by atoms with Crippen LogP contribution in [0, 0.1) is 5.41 Å². The van der Waals surface area contributed by atoms with E-state index in [1.807, 2.05) is 42.5 Å². The smallest absolute Gasteiger partial charge is 0.230 e. The van der Waals surface area contributed by atoms with Crippen molar-refractivity contribution < 1.29 is 9.53 Å². The number of methoxy groups -OCH3 is 1. The lowest BCUT2D eigenvalue weighted by atomic mass is 9.73. The summed E-state index contributed by atoms with van der Waals surface area (Å²) in [7, 11) is 1.65. The van der Waals surface area contributed by atoms with Gasteiger partial charge in [-0.15, -0.1) is 0 Å². The average Bonchev–Trinajstić information content (AvgIpc) is 2.75. The summed E-state index contributed by atoms with van der Waals surface area (Å²) in [5.74, 6) is 1.67. The summed E-state index contributed by atoms with van der Waals surface area (Å²) in [4.78, 5) is 27.6. The molecule has 1 aliphatic rings. The largest absolute Gasteiger partial charge is 0.497 e.